The lowest BCUT2D eigenvalue weighted by Gasteiger charge is -2.18. The average Bonchev–Trinajstić information content (AvgIpc) is 2.50. The number of halogens is 3. The van der Waals surface area contributed by atoms with Crippen LogP contribution in [0.25, 0.3) is 0 Å². The minimum atomic E-state index is -0.775. The van der Waals surface area contributed by atoms with Crippen molar-refractivity contribution in [3.8, 4) is 0 Å². The van der Waals surface area contributed by atoms with Gasteiger partial charge in [-0.05, 0) is 67.8 Å². The summed E-state index contributed by atoms with van der Waals surface area (Å²) in [5, 5.41) is 5.13. The Kier molecular flexibility index (Phi) is 8.79. The van der Waals surface area contributed by atoms with Gasteiger partial charge in [-0.25, -0.2) is 4.79 Å². The van der Waals surface area contributed by atoms with Crippen LogP contribution in [0.15, 0.2) is 0 Å². The Morgan fingerprint density at radius 3 is 1.96 bits per heavy atom. The molecule has 1 aromatic rings. The zero-order chi connectivity index (χ0) is 19.3. The molecule has 0 aliphatic rings. The van der Waals surface area contributed by atoms with Gasteiger partial charge in [0.2, 0.25) is 12.7 Å². The molecule has 11 heteroatoms. The molecule has 2 amide bonds. The SMILES string of the molecule is CNC(=O)c1c(I)c(NC(C)=O)c(I)c(C(=O)OCOC(C)=O)c1I. The van der Waals surface area contributed by atoms with E-state index in [0.29, 0.717) is 16.4 Å². The Morgan fingerprint density at radius 2 is 1.48 bits per heavy atom. The van der Waals surface area contributed by atoms with Crippen LogP contribution in [0.5, 0.6) is 0 Å². The largest absolute Gasteiger partial charge is 0.428 e. The molecule has 0 saturated heterocycles. The second-order valence-corrected chi connectivity index (χ2v) is 7.75. The number of ether oxygens (including phenoxy) is 2. The number of carbonyl (C=O) groups is 4. The van der Waals surface area contributed by atoms with E-state index >= 15 is 0 Å². The van der Waals surface area contributed by atoms with Gasteiger partial charge in [0.25, 0.3) is 5.91 Å². The first kappa shape index (κ1) is 22.3. The van der Waals surface area contributed by atoms with E-state index in [9.17, 15) is 19.2 Å². The molecule has 0 saturated carbocycles. The summed E-state index contributed by atoms with van der Waals surface area (Å²) in [7, 11) is 1.46. The van der Waals surface area contributed by atoms with Crippen molar-refractivity contribution in [3.05, 3.63) is 21.8 Å². The predicted octanol–water partition coefficient (Wildman–Crippen LogP) is 2.50. The van der Waals surface area contributed by atoms with Crippen LogP contribution in [0.3, 0.4) is 0 Å². The van der Waals surface area contributed by atoms with Gasteiger partial charge in [-0.15, -0.1) is 0 Å². The van der Waals surface area contributed by atoms with Crippen LogP contribution in [-0.2, 0) is 19.1 Å². The van der Waals surface area contributed by atoms with Gasteiger partial charge in [-0.3, -0.25) is 14.4 Å². The summed E-state index contributed by atoms with van der Waals surface area (Å²) in [5.74, 6) is -2.13. The fourth-order valence-corrected chi connectivity index (χ4v) is 6.06. The normalized spacial score (nSPS) is 10.0. The van der Waals surface area contributed by atoms with E-state index in [1.165, 1.54) is 20.9 Å². The maximum absolute atomic E-state index is 12.4. The van der Waals surface area contributed by atoms with Crippen LogP contribution in [0.1, 0.15) is 34.6 Å². The highest BCUT2D eigenvalue weighted by atomic mass is 127. The lowest BCUT2D eigenvalue weighted by molar-refractivity contribution is -0.149. The van der Waals surface area contributed by atoms with Gasteiger partial charge in [-0.1, -0.05) is 0 Å². The quantitative estimate of drug-likeness (QED) is 0.280. The summed E-state index contributed by atoms with van der Waals surface area (Å²) >= 11 is 5.70. The Labute approximate surface area is 184 Å². The smallest absolute Gasteiger partial charge is 0.343 e. The molecular weight excluding hydrogens is 673 g/mol. The number of esters is 2. The van der Waals surface area contributed by atoms with Gasteiger partial charge in [0.15, 0.2) is 0 Å². The molecule has 0 unspecified atom stereocenters. The van der Waals surface area contributed by atoms with E-state index in [4.69, 9.17) is 4.74 Å². The van der Waals surface area contributed by atoms with Crippen LogP contribution >= 0.6 is 67.8 Å². The summed E-state index contributed by atoms with van der Waals surface area (Å²) in [4.78, 5) is 46.9. The molecule has 1 rings (SSSR count). The van der Waals surface area contributed by atoms with Crippen LogP contribution < -0.4 is 10.6 Å². The third-order valence-corrected chi connectivity index (χ3v) is 5.96. The number of carbonyl (C=O) groups excluding carboxylic acids is 4. The molecule has 0 aromatic heterocycles. The molecule has 0 fully saturated rings. The molecule has 0 atom stereocenters. The van der Waals surface area contributed by atoms with Gasteiger partial charge in [0.1, 0.15) is 0 Å². The van der Waals surface area contributed by atoms with Crippen LogP contribution in [0.2, 0.25) is 0 Å². The number of hydrogen-bond donors (Lipinski definition) is 2. The Bertz CT molecular complexity index is 751. The van der Waals surface area contributed by atoms with Crippen molar-refractivity contribution < 1.29 is 28.7 Å². The highest BCUT2D eigenvalue weighted by molar-refractivity contribution is 14.1. The van der Waals surface area contributed by atoms with Gasteiger partial charge in [0.05, 0.1) is 24.0 Å². The highest BCUT2D eigenvalue weighted by Gasteiger charge is 2.28. The molecular formula is C14H13I3N2O6. The van der Waals surface area contributed by atoms with Gasteiger partial charge in [0, 0.05) is 24.5 Å². The standard InChI is InChI=1S/C14H13I3N2O6/c1-5(20)19-12-10(16)7(13(22)18-3)9(15)8(11(12)17)14(23)25-4-24-6(2)21/h4H2,1-3H3,(H,18,22)(H,19,20). The first-order valence-electron chi connectivity index (χ1n) is 6.62. The third kappa shape index (κ3) is 5.63. The fraction of sp³-hybridized carbons (Fsp3) is 0.286. The summed E-state index contributed by atoms with van der Waals surface area (Å²) in [6, 6.07) is 0. The average molecular weight is 686 g/mol. The highest BCUT2D eigenvalue weighted by Crippen LogP contribution is 2.36. The van der Waals surface area contributed by atoms with Crippen LogP contribution in [-0.4, -0.2) is 37.6 Å². The van der Waals surface area contributed by atoms with E-state index in [2.05, 4.69) is 15.4 Å². The van der Waals surface area contributed by atoms with Gasteiger partial charge < -0.3 is 20.1 Å². The lowest BCUT2D eigenvalue weighted by Crippen LogP contribution is -2.25. The third-order valence-electron chi connectivity index (χ3n) is 2.73. The van der Waals surface area contributed by atoms with Crippen LogP contribution in [0, 0.1) is 10.7 Å². The Hall–Kier alpha value is -0.710. The molecule has 0 aliphatic heterocycles. The molecule has 0 radical (unpaired) electrons. The Balaban J connectivity index is 3.49. The maximum atomic E-state index is 12.4. The van der Waals surface area contributed by atoms with Crippen molar-refractivity contribution in [3.63, 3.8) is 0 Å². The minimum absolute atomic E-state index is 0.108. The molecule has 25 heavy (non-hydrogen) atoms. The molecule has 1 aromatic carbocycles. The lowest BCUT2D eigenvalue weighted by atomic mass is 10.1. The van der Waals surface area contributed by atoms with E-state index in [0.717, 1.165) is 0 Å². The van der Waals surface area contributed by atoms with E-state index in [1.54, 1.807) is 0 Å². The number of hydrogen-bond acceptors (Lipinski definition) is 6. The van der Waals surface area contributed by atoms with Crippen molar-refractivity contribution in [2.24, 2.45) is 0 Å². The molecule has 0 aliphatic carbocycles. The predicted molar refractivity (Wildman–Crippen MR) is 114 cm³/mol. The first-order valence-corrected chi connectivity index (χ1v) is 9.86. The number of anilines is 1. The van der Waals surface area contributed by atoms with Crippen molar-refractivity contribution >= 4 is 97.2 Å². The summed E-state index contributed by atoms with van der Waals surface area (Å²) in [5.41, 5.74) is 0.690. The fourth-order valence-electron chi connectivity index (χ4n) is 1.69. The number of rotatable bonds is 5. The zero-order valence-corrected chi connectivity index (χ0v) is 19.8. The molecule has 0 spiro atoms. The van der Waals surface area contributed by atoms with Gasteiger partial charge >= 0.3 is 11.9 Å². The van der Waals surface area contributed by atoms with Crippen molar-refractivity contribution in [1.82, 2.24) is 5.32 Å². The molecule has 0 bridgehead atoms. The number of nitrogens with one attached hydrogen (secondary N) is 2. The number of amides is 2. The Morgan fingerprint density at radius 1 is 0.920 bits per heavy atom. The summed E-state index contributed by atoms with van der Waals surface area (Å²) in [6.07, 6.45) is 0. The monoisotopic (exact) mass is 686 g/mol. The zero-order valence-electron chi connectivity index (χ0n) is 13.3. The second-order valence-electron chi connectivity index (χ2n) is 4.51. The molecule has 2 N–H and O–H groups in total. The summed E-state index contributed by atoms with van der Waals surface area (Å²) in [6.45, 7) is 1.96. The van der Waals surface area contributed by atoms with E-state index < -0.39 is 24.6 Å². The van der Waals surface area contributed by atoms with Gasteiger partial charge in [-0.2, -0.15) is 0 Å². The maximum Gasteiger partial charge on any atom is 0.343 e. The molecule has 8 nitrogen and oxygen atoms in total. The summed E-state index contributed by atoms with van der Waals surface area (Å²) < 4.78 is 10.8. The van der Waals surface area contributed by atoms with Crippen molar-refractivity contribution in [1.29, 1.82) is 0 Å². The van der Waals surface area contributed by atoms with Crippen molar-refractivity contribution in [2.45, 2.75) is 13.8 Å². The molecule has 0 heterocycles. The van der Waals surface area contributed by atoms with E-state index in [1.807, 2.05) is 67.8 Å². The van der Waals surface area contributed by atoms with Crippen molar-refractivity contribution in [2.75, 3.05) is 19.2 Å². The van der Waals surface area contributed by atoms with E-state index in [-0.39, 0.29) is 17.0 Å². The second kappa shape index (κ2) is 9.84. The topological polar surface area (TPSA) is 111 Å². The first-order chi connectivity index (χ1) is 11.6. The number of benzene rings is 1. The molecule has 136 valence electrons. The minimum Gasteiger partial charge on any atom is -0.428 e. The van der Waals surface area contributed by atoms with Crippen LogP contribution in [0.4, 0.5) is 5.69 Å².